The highest BCUT2D eigenvalue weighted by Gasteiger charge is 2.25. The number of carbonyl (C=O) groups excluding carboxylic acids is 1. The third kappa shape index (κ3) is 4.40. The van der Waals surface area contributed by atoms with E-state index in [1.165, 1.54) is 18.2 Å². The normalized spacial score (nSPS) is 14.1. The number of anilines is 1. The van der Waals surface area contributed by atoms with Gasteiger partial charge >= 0.3 is 5.00 Å². The summed E-state index contributed by atoms with van der Waals surface area (Å²) in [7, 11) is 0. The van der Waals surface area contributed by atoms with Crippen molar-refractivity contribution in [3.8, 4) is 0 Å². The number of carbonyl (C=O) groups is 1. The molecular formula is C17H17FN4O3S2. The molecule has 2 heterocycles. The molecule has 1 fully saturated rings. The molecule has 0 saturated carbocycles. The van der Waals surface area contributed by atoms with E-state index in [9.17, 15) is 19.3 Å². The number of halogens is 1. The lowest BCUT2D eigenvalue weighted by molar-refractivity contribution is -0.380. The fourth-order valence-electron chi connectivity index (χ4n) is 2.68. The lowest BCUT2D eigenvalue weighted by Crippen LogP contribution is -2.51. The van der Waals surface area contributed by atoms with Gasteiger partial charge in [0.15, 0.2) is 5.11 Å². The van der Waals surface area contributed by atoms with Gasteiger partial charge in [0.1, 0.15) is 5.82 Å². The molecule has 3 rings (SSSR count). The summed E-state index contributed by atoms with van der Waals surface area (Å²) in [6.45, 7) is 3.65. The number of piperazine rings is 1. The molecule has 0 bridgehead atoms. The van der Waals surface area contributed by atoms with Crippen molar-refractivity contribution in [2.45, 2.75) is 6.92 Å². The van der Waals surface area contributed by atoms with Crippen LogP contribution in [0.15, 0.2) is 30.3 Å². The van der Waals surface area contributed by atoms with E-state index in [1.54, 1.807) is 24.0 Å². The molecule has 10 heteroatoms. The topological polar surface area (TPSA) is 78.7 Å². The molecule has 0 radical (unpaired) electrons. The zero-order valence-corrected chi connectivity index (χ0v) is 16.1. The molecule has 1 N–H and O–H groups in total. The highest BCUT2D eigenvalue weighted by atomic mass is 32.1. The summed E-state index contributed by atoms with van der Waals surface area (Å²) in [6, 6.07) is 7.65. The predicted octanol–water partition coefficient (Wildman–Crippen LogP) is 3.26. The average molecular weight is 408 g/mol. The quantitative estimate of drug-likeness (QED) is 0.477. The Balaban J connectivity index is 1.56. The molecule has 7 nitrogen and oxygen atoms in total. The molecule has 1 aliphatic heterocycles. The van der Waals surface area contributed by atoms with Crippen molar-refractivity contribution in [1.82, 2.24) is 9.80 Å². The van der Waals surface area contributed by atoms with Crippen LogP contribution in [0.4, 0.5) is 15.1 Å². The van der Waals surface area contributed by atoms with Gasteiger partial charge < -0.3 is 15.1 Å². The van der Waals surface area contributed by atoms with Gasteiger partial charge in [-0.1, -0.05) is 17.4 Å². The van der Waals surface area contributed by atoms with Crippen molar-refractivity contribution in [2.24, 2.45) is 0 Å². The molecule has 1 saturated heterocycles. The summed E-state index contributed by atoms with van der Waals surface area (Å²) in [5.74, 6) is -0.518. The lowest BCUT2D eigenvalue weighted by atomic mass is 10.2. The summed E-state index contributed by atoms with van der Waals surface area (Å²) in [4.78, 5) is 26.7. The summed E-state index contributed by atoms with van der Waals surface area (Å²) in [6.07, 6.45) is 0. The van der Waals surface area contributed by atoms with Crippen molar-refractivity contribution < 1.29 is 14.1 Å². The van der Waals surface area contributed by atoms with Crippen LogP contribution in [-0.4, -0.2) is 51.9 Å². The number of nitrogens with one attached hydrogen (secondary N) is 1. The van der Waals surface area contributed by atoms with Crippen LogP contribution in [0.2, 0.25) is 0 Å². The molecule has 0 unspecified atom stereocenters. The second-order valence-electron chi connectivity index (χ2n) is 6.07. The second kappa shape index (κ2) is 7.97. The summed E-state index contributed by atoms with van der Waals surface area (Å²) >= 11 is 6.25. The van der Waals surface area contributed by atoms with Gasteiger partial charge in [0, 0.05) is 37.9 Å². The van der Waals surface area contributed by atoms with E-state index >= 15 is 0 Å². The summed E-state index contributed by atoms with van der Waals surface area (Å²) in [5, 5.41) is 14.2. The standard InChI is InChI=1S/C17H17FN4O3S2/c1-11-2-3-12(10-13(11)18)19-17(26)21-8-6-20(7-9-21)16(23)14-4-5-15(27-14)22(24)25/h2-5,10H,6-9H2,1H3,(H,19,26). The molecule has 1 aromatic heterocycles. The first-order chi connectivity index (χ1) is 12.8. The zero-order valence-electron chi connectivity index (χ0n) is 14.5. The largest absolute Gasteiger partial charge is 0.345 e. The van der Waals surface area contributed by atoms with E-state index in [0.717, 1.165) is 11.3 Å². The summed E-state index contributed by atoms with van der Waals surface area (Å²) in [5.41, 5.74) is 1.14. The predicted molar refractivity (Wildman–Crippen MR) is 106 cm³/mol. The number of aryl methyl sites for hydroxylation is 1. The van der Waals surface area contributed by atoms with Gasteiger partial charge in [0.2, 0.25) is 0 Å². The average Bonchev–Trinajstić information content (AvgIpc) is 3.15. The molecule has 0 atom stereocenters. The minimum Gasteiger partial charge on any atom is -0.345 e. The first-order valence-electron chi connectivity index (χ1n) is 8.21. The number of hydrogen-bond acceptors (Lipinski definition) is 5. The number of nitro groups is 1. The zero-order chi connectivity index (χ0) is 19.6. The van der Waals surface area contributed by atoms with Gasteiger partial charge in [-0.15, -0.1) is 0 Å². The first kappa shape index (κ1) is 19.2. The van der Waals surface area contributed by atoms with E-state index in [-0.39, 0.29) is 16.7 Å². The molecule has 0 spiro atoms. The Morgan fingerprint density at radius 3 is 2.48 bits per heavy atom. The van der Waals surface area contributed by atoms with Crippen molar-refractivity contribution in [3.05, 3.63) is 56.7 Å². The molecule has 0 aliphatic carbocycles. The van der Waals surface area contributed by atoms with Crippen LogP contribution in [0.25, 0.3) is 0 Å². The minimum atomic E-state index is -0.503. The van der Waals surface area contributed by atoms with Crippen LogP contribution >= 0.6 is 23.6 Å². The Morgan fingerprint density at radius 1 is 1.22 bits per heavy atom. The molecule has 142 valence electrons. The van der Waals surface area contributed by atoms with Crippen LogP contribution in [0.5, 0.6) is 0 Å². The molecule has 1 aliphatic rings. The second-order valence-corrected chi connectivity index (χ2v) is 7.52. The van der Waals surface area contributed by atoms with E-state index in [2.05, 4.69) is 5.32 Å². The van der Waals surface area contributed by atoms with Crippen LogP contribution < -0.4 is 5.32 Å². The Kier molecular flexibility index (Phi) is 5.66. The maximum Gasteiger partial charge on any atom is 0.324 e. The van der Waals surface area contributed by atoms with Gasteiger partial charge in [0.05, 0.1) is 9.80 Å². The molecular weight excluding hydrogens is 391 g/mol. The number of hydrogen-bond donors (Lipinski definition) is 1. The van der Waals surface area contributed by atoms with Gasteiger partial charge in [-0.2, -0.15) is 0 Å². The Labute approximate surface area is 164 Å². The van der Waals surface area contributed by atoms with E-state index < -0.39 is 4.92 Å². The monoisotopic (exact) mass is 408 g/mol. The number of amides is 1. The minimum absolute atomic E-state index is 0.0484. The molecule has 2 aromatic rings. The number of rotatable bonds is 3. The van der Waals surface area contributed by atoms with Gasteiger partial charge in [-0.3, -0.25) is 14.9 Å². The van der Waals surface area contributed by atoms with E-state index in [4.69, 9.17) is 12.2 Å². The summed E-state index contributed by atoms with van der Waals surface area (Å²) < 4.78 is 13.6. The first-order valence-corrected chi connectivity index (χ1v) is 9.43. The smallest absolute Gasteiger partial charge is 0.324 e. The van der Waals surface area contributed by atoms with Crippen LogP contribution in [0.3, 0.4) is 0 Å². The number of nitrogens with zero attached hydrogens (tertiary/aromatic N) is 3. The third-order valence-electron chi connectivity index (χ3n) is 4.26. The highest BCUT2D eigenvalue weighted by Crippen LogP contribution is 2.25. The third-order valence-corrected chi connectivity index (χ3v) is 5.64. The van der Waals surface area contributed by atoms with E-state index in [0.29, 0.717) is 47.4 Å². The Morgan fingerprint density at radius 2 is 1.89 bits per heavy atom. The number of thiocarbonyl (C=S) groups is 1. The van der Waals surface area contributed by atoms with Crippen molar-refractivity contribution in [1.29, 1.82) is 0 Å². The highest BCUT2D eigenvalue weighted by molar-refractivity contribution is 7.80. The van der Waals surface area contributed by atoms with Crippen LogP contribution in [0, 0.1) is 22.9 Å². The fourth-order valence-corrected chi connectivity index (χ4v) is 3.77. The van der Waals surface area contributed by atoms with Gasteiger partial charge in [-0.25, -0.2) is 4.39 Å². The number of thiophene rings is 1. The fraction of sp³-hybridized carbons (Fsp3) is 0.294. The van der Waals surface area contributed by atoms with E-state index in [1.807, 2.05) is 4.90 Å². The Bertz CT molecular complexity index is 894. The van der Waals surface area contributed by atoms with Crippen LogP contribution in [-0.2, 0) is 0 Å². The molecule has 1 amide bonds. The lowest BCUT2D eigenvalue weighted by Gasteiger charge is -2.36. The van der Waals surface area contributed by atoms with Crippen molar-refractivity contribution in [3.63, 3.8) is 0 Å². The number of benzene rings is 1. The van der Waals surface area contributed by atoms with Gasteiger partial charge in [0.25, 0.3) is 5.91 Å². The molecule has 1 aromatic carbocycles. The van der Waals surface area contributed by atoms with Crippen molar-refractivity contribution in [2.75, 3.05) is 31.5 Å². The molecule has 27 heavy (non-hydrogen) atoms. The maximum atomic E-state index is 13.6. The van der Waals surface area contributed by atoms with Crippen LogP contribution in [0.1, 0.15) is 15.2 Å². The SMILES string of the molecule is Cc1ccc(NC(=S)N2CCN(C(=O)c3ccc([N+](=O)[O-])s3)CC2)cc1F. The maximum absolute atomic E-state index is 13.6. The van der Waals surface area contributed by atoms with Crippen molar-refractivity contribution >= 4 is 45.3 Å². The Hall–Kier alpha value is -2.59. The van der Waals surface area contributed by atoms with Gasteiger partial charge in [-0.05, 0) is 42.9 Å².